The maximum absolute atomic E-state index is 14.4. The molecule has 2 aromatic carbocycles. The van der Waals surface area contributed by atoms with Crippen LogP contribution in [0.25, 0.3) is 16.6 Å². The molecule has 1 saturated carbocycles. The van der Waals surface area contributed by atoms with E-state index in [9.17, 15) is 19.2 Å². The molecule has 3 unspecified atom stereocenters. The van der Waals surface area contributed by atoms with Crippen molar-refractivity contribution in [1.82, 2.24) is 39.8 Å². The van der Waals surface area contributed by atoms with Gasteiger partial charge in [-0.2, -0.15) is 0 Å². The van der Waals surface area contributed by atoms with Gasteiger partial charge in [-0.25, -0.2) is 0 Å². The van der Waals surface area contributed by atoms with Gasteiger partial charge in [-0.3, -0.25) is 34.0 Å². The van der Waals surface area contributed by atoms with E-state index < -0.39 is 5.60 Å². The summed E-state index contributed by atoms with van der Waals surface area (Å²) in [6.45, 7) is 9.87. The summed E-state index contributed by atoms with van der Waals surface area (Å²) >= 11 is 6.35. The lowest BCUT2D eigenvalue weighted by Crippen LogP contribution is -2.52. The Hall–Kier alpha value is -6.16. The number of ketones is 1. The molecule has 0 radical (unpaired) electrons. The molecule has 73 heavy (non-hydrogen) atoms. The maximum Gasteiger partial charge on any atom is 0.293 e. The number of allylic oxidation sites excluding steroid dienone is 2. The molecule has 1 spiro atoms. The van der Waals surface area contributed by atoms with Crippen LogP contribution in [0, 0.1) is 25.7 Å². The zero-order valence-corrected chi connectivity index (χ0v) is 43.9. The number of benzene rings is 2. The Morgan fingerprint density at radius 3 is 2.42 bits per heavy atom. The SMILES string of the molecule is CNC(=O)COc1cc2cc(Cc3cc(C4CCC(C(=O)C5CCOC6(CCN(C(=O)CC7NC(c8ccc(Cl)cc8)C8=C(CC(C)=C8C)n8c(C)nnc87)CC6)C5)CC4)ncc3C)cc(OC)c2n(C)c1=O. The minimum atomic E-state index is -0.409. The van der Waals surface area contributed by atoms with Crippen LogP contribution in [0.5, 0.6) is 11.5 Å². The number of halogens is 1. The van der Waals surface area contributed by atoms with Crippen LogP contribution in [0.2, 0.25) is 5.02 Å². The fourth-order valence-corrected chi connectivity index (χ4v) is 12.5. The molecule has 6 heterocycles. The van der Waals surface area contributed by atoms with Crippen molar-refractivity contribution in [3.05, 3.63) is 126 Å². The molecule has 3 aliphatic heterocycles. The smallest absolute Gasteiger partial charge is 0.293 e. The monoisotopic (exact) mass is 1010 g/mol. The number of hydrogen-bond acceptors (Lipinski definition) is 11. The summed E-state index contributed by atoms with van der Waals surface area (Å²) in [5.74, 6) is 2.57. The molecule has 10 rings (SSSR count). The molecular weight excluding hydrogens is 944 g/mol. The van der Waals surface area contributed by atoms with Crippen molar-refractivity contribution in [3.8, 4) is 11.5 Å². The number of Topliss-reactive ketones (excluding diaryl/α,β-unsaturated/α-hetero) is 1. The summed E-state index contributed by atoms with van der Waals surface area (Å²) in [5.41, 5.74) is 10.2. The topological polar surface area (TPSA) is 172 Å². The molecule has 0 bridgehead atoms. The fourth-order valence-electron chi connectivity index (χ4n) is 12.4. The second-order valence-corrected chi connectivity index (χ2v) is 21.6. The van der Waals surface area contributed by atoms with E-state index in [-0.39, 0.29) is 66.0 Å². The average Bonchev–Trinajstić information content (AvgIpc) is 3.88. The number of rotatable bonds is 12. The van der Waals surface area contributed by atoms with Gasteiger partial charge < -0.3 is 29.0 Å². The van der Waals surface area contributed by atoms with Crippen molar-refractivity contribution in [1.29, 1.82) is 0 Å². The molecule has 3 aromatic heterocycles. The summed E-state index contributed by atoms with van der Waals surface area (Å²) < 4.78 is 21.6. The van der Waals surface area contributed by atoms with E-state index in [0.29, 0.717) is 67.5 Å². The van der Waals surface area contributed by atoms with Crippen LogP contribution in [0.15, 0.2) is 76.2 Å². The fraction of sp³-hybridized carbons (Fsp3) is 0.491. The number of fused-ring (bicyclic) bond motifs is 3. The predicted octanol–water partition coefficient (Wildman–Crippen LogP) is 8.58. The zero-order valence-electron chi connectivity index (χ0n) is 43.1. The van der Waals surface area contributed by atoms with Crippen LogP contribution in [0.3, 0.4) is 0 Å². The summed E-state index contributed by atoms with van der Waals surface area (Å²) in [7, 11) is 4.78. The lowest BCUT2D eigenvalue weighted by Gasteiger charge is -2.46. The van der Waals surface area contributed by atoms with E-state index in [2.05, 4.69) is 64.4 Å². The second-order valence-electron chi connectivity index (χ2n) is 21.1. The van der Waals surface area contributed by atoms with Crippen LogP contribution in [-0.2, 0) is 32.6 Å². The first-order valence-electron chi connectivity index (χ1n) is 25.9. The molecule has 384 valence electrons. The van der Waals surface area contributed by atoms with Gasteiger partial charge in [0.2, 0.25) is 5.91 Å². The molecule has 15 nitrogen and oxygen atoms in total. The normalized spacial score (nSPS) is 22.8. The highest BCUT2D eigenvalue weighted by molar-refractivity contribution is 6.30. The quantitative estimate of drug-likeness (QED) is 0.123. The number of amides is 2. The molecule has 2 amide bonds. The highest BCUT2D eigenvalue weighted by Gasteiger charge is 2.45. The average molecular weight is 1010 g/mol. The van der Waals surface area contributed by atoms with E-state index >= 15 is 0 Å². The number of aromatic nitrogens is 5. The van der Waals surface area contributed by atoms with E-state index in [0.717, 1.165) is 89.2 Å². The Labute approximate surface area is 431 Å². The maximum atomic E-state index is 14.4. The Balaban J connectivity index is 0.758. The number of likely N-dealkylation sites (tertiary alicyclic amines) is 1. The molecule has 3 atom stereocenters. The number of carbonyl (C=O) groups excluding carboxylic acids is 3. The van der Waals surface area contributed by atoms with E-state index in [1.165, 1.54) is 28.3 Å². The first-order chi connectivity index (χ1) is 35.1. The van der Waals surface area contributed by atoms with Gasteiger partial charge in [-0.15, -0.1) is 10.2 Å². The van der Waals surface area contributed by atoms with Crippen LogP contribution in [0.4, 0.5) is 0 Å². The van der Waals surface area contributed by atoms with Gasteiger partial charge in [0, 0.05) is 92.4 Å². The van der Waals surface area contributed by atoms with E-state index in [4.69, 9.17) is 30.8 Å². The number of likely N-dealkylation sites (N-methyl/N-ethyl adjacent to an activating group) is 1. The largest absolute Gasteiger partial charge is 0.495 e. The Bertz CT molecular complexity index is 3100. The molecule has 2 aliphatic carbocycles. The third-order valence-electron chi connectivity index (χ3n) is 16.7. The number of nitrogens with one attached hydrogen (secondary N) is 2. The molecular formula is C57H67ClN8O7. The lowest BCUT2D eigenvalue weighted by molar-refractivity contribution is -0.156. The standard InChI is InChI=1S/C57H67ClN8O7/c1-32-22-46-51(34(32)3)52(38-12-14-43(58)15-13-38)61-45(55-63-62-35(4)66(46)55)28-50(68)65-19-17-57(18-20-65)29-40(16-21-73-57)54(69)39-10-8-37(9-11-39)44-26-41(33(2)30-60-44)23-36-24-42-27-48(72-31-49(67)59-5)56(70)64(6)53(42)47(25-36)71-7/h12-15,24-27,30,37,39-40,45,52,61H,8-11,16-23,28-29,31H2,1-7H3,(H,59,67). The van der Waals surface area contributed by atoms with Gasteiger partial charge in [0.1, 0.15) is 17.4 Å². The Kier molecular flexibility index (Phi) is 14.2. The van der Waals surface area contributed by atoms with Crippen molar-refractivity contribution in [2.45, 2.75) is 122 Å². The molecule has 5 aliphatic rings. The molecule has 2 N–H and O–H groups in total. The second kappa shape index (κ2) is 20.6. The summed E-state index contributed by atoms with van der Waals surface area (Å²) in [4.78, 5) is 60.6. The Morgan fingerprint density at radius 2 is 1.70 bits per heavy atom. The number of nitrogens with zero attached hydrogens (tertiary/aromatic N) is 6. The van der Waals surface area contributed by atoms with E-state index in [1.54, 1.807) is 20.2 Å². The molecule has 3 fully saturated rings. The lowest BCUT2D eigenvalue weighted by atomic mass is 9.71. The minimum Gasteiger partial charge on any atom is -0.495 e. The number of ether oxygens (including phenoxy) is 3. The van der Waals surface area contributed by atoms with Crippen molar-refractivity contribution in [3.63, 3.8) is 0 Å². The number of pyridine rings is 2. The Morgan fingerprint density at radius 1 is 0.945 bits per heavy atom. The number of aryl methyl sites for hydroxylation is 3. The summed E-state index contributed by atoms with van der Waals surface area (Å²) in [6, 6.07) is 15.4. The van der Waals surface area contributed by atoms with Crippen LogP contribution < -0.4 is 25.7 Å². The minimum absolute atomic E-state index is 0.0164. The van der Waals surface area contributed by atoms with Crippen molar-refractivity contribution in [2.75, 3.05) is 40.5 Å². The zero-order chi connectivity index (χ0) is 51.3. The van der Waals surface area contributed by atoms with Crippen molar-refractivity contribution < 1.29 is 28.6 Å². The number of carbonyl (C=O) groups is 3. The van der Waals surface area contributed by atoms with Gasteiger partial charge in [-0.05, 0) is 155 Å². The highest BCUT2D eigenvalue weighted by atomic mass is 35.5. The molecule has 2 saturated heterocycles. The first-order valence-corrected chi connectivity index (χ1v) is 26.3. The van der Waals surface area contributed by atoms with Crippen molar-refractivity contribution >= 4 is 45.8 Å². The third kappa shape index (κ3) is 9.88. The van der Waals surface area contributed by atoms with Gasteiger partial charge in [-0.1, -0.05) is 29.3 Å². The van der Waals surface area contributed by atoms with Crippen LogP contribution >= 0.6 is 11.6 Å². The van der Waals surface area contributed by atoms with Gasteiger partial charge in [0.05, 0.1) is 30.3 Å². The number of hydrogen-bond donors (Lipinski definition) is 2. The highest BCUT2D eigenvalue weighted by Crippen LogP contribution is 2.47. The van der Waals surface area contributed by atoms with Crippen LogP contribution in [-0.4, -0.2) is 92.9 Å². The van der Waals surface area contributed by atoms with Gasteiger partial charge in [0.15, 0.2) is 18.2 Å². The van der Waals surface area contributed by atoms with Gasteiger partial charge >= 0.3 is 0 Å². The molecule has 16 heteroatoms. The van der Waals surface area contributed by atoms with Crippen LogP contribution in [0.1, 0.15) is 136 Å². The summed E-state index contributed by atoms with van der Waals surface area (Å²) in [5, 5.41) is 17.0. The molecule has 5 aromatic rings. The summed E-state index contributed by atoms with van der Waals surface area (Å²) in [6.07, 6.45) is 9.94. The number of methoxy groups -OCH3 is 1. The predicted molar refractivity (Wildman–Crippen MR) is 280 cm³/mol. The third-order valence-corrected chi connectivity index (χ3v) is 17.0. The van der Waals surface area contributed by atoms with Crippen molar-refractivity contribution in [2.24, 2.45) is 18.9 Å². The van der Waals surface area contributed by atoms with E-state index in [1.807, 2.05) is 42.3 Å². The number of piperidine rings is 1. The van der Waals surface area contributed by atoms with Gasteiger partial charge in [0.25, 0.3) is 11.5 Å². The first kappa shape index (κ1) is 50.4.